The molecule has 0 atom stereocenters. The molecule has 0 unspecified atom stereocenters. The van der Waals surface area contributed by atoms with Crippen LogP contribution in [-0.4, -0.2) is 32.5 Å². The first kappa shape index (κ1) is 19.0. The molecule has 0 aliphatic heterocycles. The fourth-order valence-electron chi connectivity index (χ4n) is 2.43. The number of carbonyl (C=O) groups excluding carboxylic acids is 1. The average molecular weight is 359 g/mol. The summed E-state index contributed by atoms with van der Waals surface area (Å²) < 4.78 is 0. The van der Waals surface area contributed by atoms with E-state index in [1.54, 1.807) is 31.5 Å². The molecule has 0 radical (unpaired) electrons. The fraction of sp³-hybridized carbons (Fsp3) is 0.368. The summed E-state index contributed by atoms with van der Waals surface area (Å²) in [6.07, 6.45) is 0. The molecule has 2 rings (SSSR count). The van der Waals surface area contributed by atoms with Gasteiger partial charge in [-0.1, -0.05) is 32.0 Å². The zero-order valence-electron chi connectivity index (χ0n) is 15.2. The number of amides is 1. The third-order valence-corrected chi connectivity index (χ3v) is 5.22. The van der Waals surface area contributed by atoms with Gasteiger partial charge in [0.05, 0.1) is 0 Å². The maximum atomic E-state index is 11.7. The summed E-state index contributed by atoms with van der Waals surface area (Å²) in [5.74, 6) is 0.664. The Morgan fingerprint density at radius 3 is 2.64 bits per heavy atom. The molecule has 0 saturated heterocycles. The van der Waals surface area contributed by atoms with Gasteiger partial charge in [-0.3, -0.25) is 9.79 Å². The summed E-state index contributed by atoms with van der Waals surface area (Å²) in [4.78, 5) is 17.3. The van der Waals surface area contributed by atoms with Gasteiger partial charge in [0.25, 0.3) is 5.91 Å². The number of aliphatic imine (C=N–C) groups is 1. The van der Waals surface area contributed by atoms with Crippen LogP contribution in [0.3, 0.4) is 0 Å². The Morgan fingerprint density at radius 1 is 1.20 bits per heavy atom. The first-order valence-corrected chi connectivity index (χ1v) is 9.14. The van der Waals surface area contributed by atoms with Gasteiger partial charge in [0.2, 0.25) is 0 Å². The monoisotopic (exact) mass is 358 g/mol. The van der Waals surface area contributed by atoms with Crippen molar-refractivity contribution in [1.29, 1.82) is 0 Å². The number of nitrogens with zero attached hydrogens (tertiary/aromatic N) is 1. The van der Waals surface area contributed by atoms with Gasteiger partial charge in [-0.05, 0) is 29.1 Å². The van der Waals surface area contributed by atoms with Gasteiger partial charge < -0.3 is 16.0 Å². The lowest BCUT2D eigenvalue weighted by atomic mass is 9.91. The third kappa shape index (κ3) is 5.32. The van der Waals surface area contributed by atoms with Crippen LogP contribution < -0.4 is 16.0 Å². The number of carbonyl (C=O) groups is 1. The van der Waals surface area contributed by atoms with Crippen molar-refractivity contribution < 1.29 is 4.79 Å². The van der Waals surface area contributed by atoms with Gasteiger partial charge in [0.15, 0.2) is 5.96 Å². The lowest BCUT2D eigenvalue weighted by Crippen LogP contribution is -2.42. The summed E-state index contributed by atoms with van der Waals surface area (Å²) in [6, 6.07) is 11.8. The SMILES string of the molecule is CN=C(NCc1cccc(C(=O)NC)c1)NCC(C)(C)c1cccs1. The Labute approximate surface area is 153 Å². The van der Waals surface area contributed by atoms with Gasteiger partial charge >= 0.3 is 0 Å². The number of thiophene rings is 1. The first-order chi connectivity index (χ1) is 12.0. The Balaban J connectivity index is 1.92. The molecule has 5 nitrogen and oxygen atoms in total. The Morgan fingerprint density at radius 2 is 2.00 bits per heavy atom. The van der Waals surface area contributed by atoms with E-state index in [0.717, 1.165) is 18.1 Å². The minimum atomic E-state index is -0.0814. The maximum Gasteiger partial charge on any atom is 0.251 e. The van der Waals surface area contributed by atoms with Crippen LogP contribution in [0, 0.1) is 0 Å². The number of benzene rings is 1. The van der Waals surface area contributed by atoms with Crippen LogP contribution in [0.2, 0.25) is 0 Å². The van der Waals surface area contributed by atoms with Gasteiger partial charge in [-0.15, -0.1) is 11.3 Å². The van der Waals surface area contributed by atoms with Crippen molar-refractivity contribution in [1.82, 2.24) is 16.0 Å². The van der Waals surface area contributed by atoms with Gasteiger partial charge in [-0.2, -0.15) is 0 Å². The van der Waals surface area contributed by atoms with Crippen LogP contribution in [0.1, 0.15) is 34.6 Å². The summed E-state index contributed by atoms with van der Waals surface area (Å²) in [6.45, 7) is 5.81. The topological polar surface area (TPSA) is 65.5 Å². The minimum Gasteiger partial charge on any atom is -0.356 e. The molecular formula is C19H26N4OS. The van der Waals surface area contributed by atoms with Crippen molar-refractivity contribution >= 4 is 23.2 Å². The quantitative estimate of drug-likeness (QED) is 0.549. The highest BCUT2D eigenvalue weighted by Gasteiger charge is 2.21. The van der Waals surface area contributed by atoms with Crippen LogP contribution in [0.25, 0.3) is 0 Å². The van der Waals surface area contributed by atoms with Crippen LogP contribution in [0.4, 0.5) is 0 Å². The highest BCUT2D eigenvalue weighted by molar-refractivity contribution is 7.10. The predicted molar refractivity (Wildman–Crippen MR) is 105 cm³/mol. The van der Waals surface area contributed by atoms with Crippen LogP contribution in [0.5, 0.6) is 0 Å². The smallest absolute Gasteiger partial charge is 0.251 e. The van der Waals surface area contributed by atoms with Crippen molar-refractivity contribution in [3.63, 3.8) is 0 Å². The maximum absolute atomic E-state index is 11.7. The average Bonchev–Trinajstić information content (AvgIpc) is 3.17. The molecule has 134 valence electrons. The second kappa shape index (κ2) is 8.67. The second-order valence-electron chi connectivity index (χ2n) is 6.42. The van der Waals surface area contributed by atoms with Crippen LogP contribution >= 0.6 is 11.3 Å². The predicted octanol–water partition coefficient (Wildman–Crippen LogP) is 2.75. The number of hydrogen-bond acceptors (Lipinski definition) is 3. The van der Waals surface area contributed by atoms with Gasteiger partial charge in [-0.25, -0.2) is 0 Å². The van der Waals surface area contributed by atoms with E-state index in [1.165, 1.54) is 4.88 Å². The van der Waals surface area contributed by atoms with Crippen molar-refractivity contribution in [3.05, 3.63) is 57.8 Å². The Hall–Kier alpha value is -2.34. The van der Waals surface area contributed by atoms with Crippen molar-refractivity contribution in [2.75, 3.05) is 20.6 Å². The van der Waals surface area contributed by atoms with Crippen LogP contribution in [-0.2, 0) is 12.0 Å². The molecule has 1 aromatic carbocycles. The van der Waals surface area contributed by atoms with Crippen molar-refractivity contribution in [2.24, 2.45) is 4.99 Å². The normalized spacial score (nSPS) is 11.9. The van der Waals surface area contributed by atoms with E-state index in [2.05, 4.69) is 52.3 Å². The number of guanidine groups is 1. The molecule has 0 fully saturated rings. The first-order valence-electron chi connectivity index (χ1n) is 8.26. The highest BCUT2D eigenvalue weighted by atomic mass is 32.1. The molecule has 6 heteroatoms. The third-order valence-electron chi connectivity index (χ3n) is 3.99. The Kier molecular flexibility index (Phi) is 6.58. The number of nitrogens with one attached hydrogen (secondary N) is 3. The molecule has 0 bridgehead atoms. The number of hydrogen-bond donors (Lipinski definition) is 3. The van der Waals surface area contributed by atoms with Gasteiger partial charge in [0, 0.05) is 43.0 Å². The molecule has 2 aromatic rings. The highest BCUT2D eigenvalue weighted by Crippen LogP contribution is 2.26. The molecule has 0 aliphatic carbocycles. The summed E-state index contributed by atoms with van der Waals surface area (Å²) in [7, 11) is 3.39. The number of rotatable bonds is 6. The second-order valence-corrected chi connectivity index (χ2v) is 7.37. The molecule has 3 N–H and O–H groups in total. The molecule has 0 saturated carbocycles. The van der Waals surface area contributed by atoms with Crippen molar-refractivity contribution in [3.8, 4) is 0 Å². The van der Waals surface area contributed by atoms with E-state index in [-0.39, 0.29) is 11.3 Å². The molecule has 1 aromatic heterocycles. The van der Waals surface area contributed by atoms with Crippen molar-refractivity contribution in [2.45, 2.75) is 25.8 Å². The van der Waals surface area contributed by atoms with Gasteiger partial charge in [0.1, 0.15) is 0 Å². The zero-order valence-corrected chi connectivity index (χ0v) is 16.0. The summed E-state index contributed by atoms with van der Waals surface area (Å²) >= 11 is 1.77. The lowest BCUT2D eigenvalue weighted by molar-refractivity contribution is 0.0963. The minimum absolute atomic E-state index is 0.0327. The van der Waals surface area contributed by atoms with E-state index < -0.39 is 0 Å². The van der Waals surface area contributed by atoms with E-state index in [1.807, 2.05) is 18.2 Å². The summed E-state index contributed by atoms with van der Waals surface area (Å²) in [5.41, 5.74) is 1.72. The van der Waals surface area contributed by atoms with E-state index in [4.69, 9.17) is 0 Å². The molecule has 1 heterocycles. The van der Waals surface area contributed by atoms with E-state index in [0.29, 0.717) is 12.1 Å². The van der Waals surface area contributed by atoms with Crippen LogP contribution in [0.15, 0.2) is 46.8 Å². The molecule has 0 spiro atoms. The fourth-order valence-corrected chi connectivity index (χ4v) is 3.28. The summed E-state index contributed by atoms with van der Waals surface area (Å²) in [5, 5.41) is 11.4. The molecule has 1 amide bonds. The largest absolute Gasteiger partial charge is 0.356 e. The lowest BCUT2D eigenvalue weighted by Gasteiger charge is -2.25. The Bertz CT molecular complexity index is 723. The van der Waals surface area contributed by atoms with E-state index in [9.17, 15) is 4.79 Å². The van der Waals surface area contributed by atoms with E-state index >= 15 is 0 Å². The molecule has 0 aliphatic rings. The standard InChI is InChI=1S/C19H26N4OS/c1-19(2,16-9-6-10-25-16)13-23-18(21-4)22-12-14-7-5-8-15(11-14)17(24)20-3/h5-11H,12-13H2,1-4H3,(H,20,24)(H2,21,22,23). The zero-order chi connectivity index (χ0) is 18.3. The molecular weight excluding hydrogens is 332 g/mol. The molecule has 25 heavy (non-hydrogen) atoms.